The first kappa shape index (κ1) is 16.0. The van der Waals surface area contributed by atoms with E-state index in [2.05, 4.69) is 21.2 Å². The molecule has 7 heteroatoms. The predicted molar refractivity (Wildman–Crippen MR) is 81.5 cm³/mol. The van der Waals surface area contributed by atoms with Gasteiger partial charge in [0.2, 0.25) is 0 Å². The van der Waals surface area contributed by atoms with Gasteiger partial charge in [-0.15, -0.1) is 0 Å². The van der Waals surface area contributed by atoms with Crippen LogP contribution in [0.2, 0.25) is 0 Å². The zero-order valence-electron chi connectivity index (χ0n) is 10.6. The molecule has 0 unspecified atom stereocenters. The summed E-state index contributed by atoms with van der Waals surface area (Å²) < 4.78 is 38.0. The van der Waals surface area contributed by atoms with Crippen LogP contribution in [0.1, 0.15) is 5.56 Å². The van der Waals surface area contributed by atoms with Crippen molar-refractivity contribution in [3.8, 4) is 5.75 Å². The molecule has 2 nitrogen and oxygen atoms in total. The Bertz CT molecular complexity index is 634. The second-order valence-electron chi connectivity index (χ2n) is 4.15. The maximum absolute atomic E-state index is 12.5. The third kappa shape index (κ3) is 4.57. The normalized spacial score (nSPS) is 11.4. The summed E-state index contributed by atoms with van der Waals surface area (Å²) in [5, 5.41) is 12.8. The van der Waals surface area contributed by atoms with E-state index in [1.165, 1.54) is 6.07 Å². The van der Waals surface area contributed by atoms with Crippen molar-refractivity contribution in [1.82, 2.24) is 0 Å². The Morgan fingerprint density at radius 2 is 1.81 bits per heavy atom. The van der Waals surface area contributed by atoms with Crippen molar-refractivity contribution in [2.45, 2.75) is 16.9 Å². The Labute approximate surface area is 132 Å². The summed E-state index contributed by atoms with van der Waals surface area (Å²) in [6.07, 6.45) is 0. The van der Waals surface area contributed by atoms with Crippen LogP contribution < -0.4 is 5.32 Å². The highest BCUT2D eigenvalue weighted by Gasteiger charge is 2.30. The zero-order chi connectivity index (χ0) is 15.5. The third-order valence-corrected chi connectivity index (χ3v) is 4.10. The molecule has 0 amide bonds. The molecule has 2 aromatic rings. The van der Waals surface area contributed by atoms with Crippen LogP contribution in [-0.2, 0) is 6.54 Å². The van der Waals surface area contributed by atoms with Gasteiger partial charge in [0.15, 0.2) is 0 Å². The topological polar surface area (TPSA) is 32.3 Å². The number of anilines is 1. The number of phenolic OH excluding ortho intramolecular Hbond substituents is 1. The quantitative estimate of drug-likeness (QED) is 0.701. The van der Waals surface area contributed by atoms with Crippen molar-refractivity contribution in [3.63, 3.8) is 0 Å². The van der Waals surface area contributed by atoms with Crippen molar-refractivity contribution in [2.24, 2.45) is 0 Å². The van der Waals surface area contributed by atoms with E-state index in [9.17, 15) is 18.3 Å². The first-order valence-corrected chi connectivity index (χ1v) is 7.53. The summed E-state index contributed by atoms with van der Waals surface area (Å²) in [6, 6.07) is 11.3. The van der Waals surface area contributed by atoms with Gasteiger partial charge in [-0.2, -0.15) is 13.2 Å². The number of hydrogen-bond acceptors (Lipinski definition) is 3. The number of hydrogen-bond donors (Lipinski definition) is 2. The molecule has 0 aliphatic heterocycles. The van der Waals surface area contributed by atoms with Gasteiger partial charge in [0.05, 0.1) is 4.47 Å². The lowest BCUT2D eigenvalue weighted by atomic mass is 10.2. The van der Waals surface area contributed by atoms with Gasteiger partial charge >= 0.3 is 5.51 Å². The van der Waals surface area contributed by atoms with Crippen LogP contribution in [0.5, 0.6) is 5.75 Å². The van der Waals surface area contributed by atoms with Crippen LogP contribution in [0.3, 0.4) is 0 Å². The second kappa shape index (κ2) is 6.62. The monoisotopic (exact) mass is 377 g/mol. The van der Waals surface area contributed by atoms with Crippen molar-refractivity contribution in [1.29, 1.82) is 0 Å². The Hall–Kier alpha value is -1.34. The standard InChI is InChI=1S/C14H11BrF3NOS/c15-10-5-3-4-9(13(10)20)8-19-11-6-1-2-7-12(11)21-14(16,17)18/h1-7,19-20H,8H2. The van der Waals surface area contributed by atoms with Gasteiger partial charge in [0.1, 0.15) is 5.75 Å². The molecule has 0 saturated carbocycles. The Morgan fingerprint density at radius 3 is 2.52 bits per heavy atom. The molecule has 0 fully saturated rings. The van der Waals surface area contributed by atoms with E-state index < -0.39 is 5.51 Å². The number of nitrogens with one attached hydrogen (secondary N) is 1. The first-order valence-electron chi connectivity index (χ1n) is 5.92. The molecule has 2 rings (SSSR count). The van der Waals surface area contributed by atoms with Crippen molar-refractivity contribution in [3.05, 3.63) is 52.5 Å². The van der Waals surface area contributed by atoms with E-state index in [1.807, 2.05) is 0 Å². The predicted octanol–water partition coefficient (Wildman–Crippen LogP) is 5.38. The lowest BCUT2D eigenvalue weighted by Gasteiger charge is -2.14. The fourth-order valence-corrected chi connectivity index (χ4v) is 2.77. The Morgan fingerprint density at radius 1 is 1.10 bits per heavy atom. The zero-order valence-corrected chi connectivity index (χ0v) is 13.0. The van der Waals surface area contributed by atoms with Crippen molar-refractivity contribution < 1.29 is 18.3 Å². The molecule has 0 heterocycles. The van der Waals surface area contributed by atoms with Gasteiger partial charge in [-0.3, -0.25) is 0 Å². The molecule has 0 spiro atoms. The summed E-state index contributed by atoms with van der Waals surface area (Å²) in [5.41, 5.74) is -3.37. The molecular weight excluding hydrogens is 367 g/mol. The number of thioether (sulfide) groups is 1. The van der Waals surface area contributed by atoms with Gasteiger partial charge in [-0.05, 0) is 45.9 Å². The highest BCUT2D eigenvalue weighted by atomic mass is 79.9. The second-order valence-corrected chi connectivity index (χ2v) is 6.11. The van der Waals surface area contributed by atoms with Crippen LogP contribution >= 0.6 is 27.7 Å². The molecule has 0 saturated heterocycles. The van der Waals surface area contributed by atoms with Crippen LogP contribution in [0.4, 0.5) is 18.9 Å². The fraction of sp³-hybridized carbons (Fsp3) is 0.143. The molecule has 2 aromatic carbocycles. The number of halogens is 4. The lowest BCUT2D eigenvalue weighted by molar-refractivity contribution is -0.0327. The first-order chi connectivity index (χ1) is 9.87. The minimum absolute atomic E-state index is 0.0750. The van der Waals surface area contributed by atoms with E-state index >= 15 is 0 Å². The molecule has 2 N–H and O–H groups in total. The fourth-order valence-electron chi connectivity index (χ4n) is 1.72. The Balaban J connectivity index is 2.15. The average molecular weight is 378 g/mol. The maximum Gasteiger partial charge on any atom is 0.446 e. The summed E-state index contributed by atoms with van der Waals surface area (Å²) in [4.78, 5) is 0.0967. The van der Waals surface area contributed by atoms with Gasteiger partial charge in [0.25, 0.3) is 0 Å². The van der Waals surface area contributed by atoms with E-state index in [0.717, 1.165) is 0 Å². The molecule has 0 radical (unpaired) electrons. The number of benzene rings is 2. The largest absolute Gasteiger partial charge is 0.506 e. The van der Waals surface area contributed by atoms with Crippen LogP contribution in [0, 0.1) is 0 Å². The number of phenols is 1. The maximum atomic E-state index is 12.5. The molecule has 0 bridgehead atoms. The number of aromatic hydroxyl groups is 1. The van der Waals surface area contributed by atoms with Crippen molar-refractivity contribution >= 4 is 33.4 Å². The highest BCUT2D eigenvalue weighted by Crippen LogP contribution is 2.40. The van der Waals surface area contributed by atoms with Crippen LogP contribution in [0.15, 0.2) is 51.8 Å². The summed E-state index contributed by atoms with van der Waals surface area (Å²) in [7, 11) is 0. The summed E-state index contributed by atoms with van der Waals surface area (Å²) >= 11 is 3.03. The van der Waals surface area contributed by atoms with Crippen LogP contribution in [-0.4, -0.2) is 10.6 Å². The SMILES string of the molecule is Oc1c(Br)cccc1CNc1ccccc1SC(F)(F)F. The van der Waals surface area contributed by atoms with Crippen LogP contribution in [0.25, 0.3) is 0 Å². The molecule has 0 atom stereocenters. The smallest absolute Gasteiger partial charge is 0.446 e. The third-order valence-electron chi connectivity index (χ3n) is 2.65. The number of para-hydroxylation sites is 2. The van der Waals surface area contributed by atoms with Crippen molar-refractivity contribution in [2.75, 3.05) is 5.32 Å². The van der Waals surface area contributed by atoms with E-state index in [0.29, 0.717) is 15.7 Å². The molecule has 0 aliphatic rings. The molecular formula is C14H11BrF3NOS. The average Bonchev–Trinajstić information content (AvgIpc) is 2.40. The minimum Gasteiger partial charge on any atom is -0.506 e. The Kier molecular flexibility index (Phi) is 5.05. The van der Waals surface area contributed by atoms with E-state index in [4.69, 9.17) is 0 Å². The van der Waals surface area contributed by atoms with Gasteiger partial charge < -0.3 is 10.4 Å². The highest BCUT2D eigenvalue weighted by molar-refractivity contribution is 9.10. The van der Waals surface area contributed by atoms with Gasteiger partial charge in [0, 0.05) is 22.7 Å². The molecule has 112 valence electrons. The minimum atomic E-state index is -4.34. The van der Waals surface area contributed by atoms with E-state index in [-0.39, 0.29) is 29.0 Å². The number of rotatable bonds is 4. The summed E-state index contributed by atoms with van der Waals surface area (Å²) in [6.45, 7) is 0.223. The van der Waals surface area contributed by atoms with Gasteiger partial charge in [-0.1, -0.05) is 24.3 Å². The molecule has 21 heavy (non-hydrogen) atoms. The summed E-state index contributed by atoms with van der Waals surface area (Å²) in [5.74, 6) is 0.0750. The molecule has 0 aliphatic carbocycles. The van der Waals surface area contributed by atoms with E-state index in [1.54, 1.807) is 36.4 Å². The lowest BCUT2D eigenvalue weighted by Crippen LogP contribution is -2.04. The number of alkyl halides is 3. The van der Waals surface area contributed by atoms with Gasteiger partial charge in [-0.25, -0.2) is 0 Å². The molecule has 0 aromatic heterocycles.